The van der Waals surface area contributed by atoms with Gasteiger partial charge in [-0.1, -0.05) is 0 Å². The summed E-state index contributed by atoms with van der Waals surface area (Å²) in [5, 5.41) is 9.25. The van der Waals surface area contributed by atoms with Gasteiger partial charge in [0.05, 0.1) is 6.20 Å². The molecule has 0 saturated carbocycles. The maximum absolute atomic E-state index is 12.0. The second-order valence-electron chi connectivity index (χ2n) is 6.18. The lowest BCUT2D eigenvalue weighted by atomic mass is 9.93. The minimum atomic E-state index is -0.452. The first kappa shape index (κ1) is 14.6. The molecule has 20 heavy (non-hydrogen) atoms. The highest BCUT2D eigenvalue weighted by atomic mass is 16.6. The van der Waals surface area contributed by atoms with Gasteiger partial charge in [0.1, 0.15) is 11.4 Å². The van der Waals surface area contributed by atoms with Crippen LogP contribution in [0.5, 0.6) is 5.75 Å². The van der Waals surface area contributed by atoms with Gasteiger partial charge >= 0.3 is 6.09 Å². The molecule has 0 aromatic carbocycles. The summed E-state index contributed by atoms with van der Waals surface area (Å²) in [6.07, 6.45) is 2.97. The van der Waals surface area contributed by atoms with Gasteiger partial charge in [-0.2, -0.15) is 0 Å². The van der Waals surface area contributed by atoms with Crippen LogP contribution in [0.2, 0.25) is 0 Å². The molecule has 1 fully saturated rings. The molecule has 5 nitrogen and oxygen atoms in total. The van der Waals surface area contributed by atoms with E-state index in [0.29, 0.717) is 19.0 Å². The third-order valence-electron chi connectivity index (χ3n) is 3.34. The van der Waals surface area contributed by atoms with E-state index < -0.39 is 5.60 Å². The van der Waals surface area contributed by atoms with Gasteiger partial charge in [-0.3, -0.25) is 4.98 Å². The van der Waals surface area contributed by atoms with Crippen LogP contribution in [0.15, 0.2) is 18.3 Å². The van der Waals surface area contributed by atoms with E-state index in [4.69, 9.17) is 4.74 Å². The summed E-state index contributed by atoms with van der Waals surface area (Å²) >= 11 is 0. The molecule has 1 aliphatic rings. The van der Waals surface area contributed by atoms with Gasteiger partial charge in [-0.15, -0.1) is 0 Å². The Bertz CT molecular complexity index is 457. The van der Waals surface area contributed by atoms with Gasteiger partial charge in [-0.25, -0.2) is 4.79 Å². The van der Waals surface area contributed by atoms with E-state index >= 15 is 0 Å². The topological polar surface area (TPSA) is 62.7 Å². The number of likely N-dealkylation sites (tertiary alicyclic amines) is 1. The predicted octanol–water partition coefficient (Wildman–Crippen LogP) is 2.90. The summed E-state index contributed by atoms with van der Waals surface area (Å²) in [6, 6.07) is 3.51. The number of carbonyl (C=O) groups is 1. The second-order valence-corrected chi connectivity index (χ2v) is 6.18. The van der Waals surface area contributed by atoms with Crippen molar-refractivity contribution >= 4 is 6.09 Å². The van der Waals surface area contributed by atoms with Gasteiger partial charge in [0.2, 0.25) is 0 Å². The Balaban J connectivity index is 1.89. The van der Waals surface area contributed by atoms with Gasteiger partial charge in [0.25, 0.3) is 0 Å². The van der Waals surface area contributed by atoms with Crippen molar-refractivity contribution in [3.63, 3.8) is 0 Å². The Morgan fingerprint density at radius 2 is 2.00 bits per heavy atom. The summed E-state index contributed by atoms with van der Waals surface area (Å²) < 4.78 is 5.37. The Morgan fingerprint density at radius 3 is 2.50 bits per heavy atom. The van der Waals surface area contributed by atoms with Gasteiger partial charge in [-0.05, 0) is 45.7 Å². The third kappa shape index (κ3) is 3.85. The molecule has 1 amide bonds. The van der Waals surface area contributed by atoms with E-state index in [2.05, 4.69) is 4.98 Å². The highest BCUT2D eigenvalue weighted by molar-refractivity contribution is 5.68. The molecule has 1 aliphatic heterocycles. The lowest BCUT2D eigenvalue weighted by Crippen LogP contribution is -2.41. The smallest absolute Gasteiger partial charge is 0.410 e. The van der Waals surface area contributed by atoms with Crippen molar-refractivity contribution in [2.75, 3.05) is 13.1 Å². The molecular weight excluding hydrogens is 256 g/mol. The summed E-state index contributed by atoms with van der Waals surface area (Å²) in [6.45, 7) is 6.98. The maximum Gasteiger partial charge on any atom is 0.410 e. The molecule has 2 rings (SSSR count). The fraction of sp³-hybridized carbons (Fsp3) is 0.600. The van der Waals surface area contributed by atoms with E-state index in [9.17, 15) is 9.90 Å². The summed E-state index contributed by atoms with van der Waals surface area (Å²) in [5.41, 5.74) is 0.526. The Kier molecular flexibility index (Phi) is 4.16. The first-order valence-corrected chi connectivity index (χ1v) is 6.98. The van der Waals surface area contributed by atoms with Crippen LogP contribution in [-0.2, 0) is 4.74 Å². The number of rotatable bonds is 1. The van der Waals surface area contributed by atoms with Gasteiger partial charge in [0.15, 0.2) is 0 Å². The number of piperidine rings is 1. The molecule has 1 saturated heterocycles. The maximum atomic E-state index is 12.0. The zero-order chi connectivity index (χ0) is 14.8. The van der Waals surface area contributed by atoms with Crippen molar-refractivity contribution in [3.8, 4) is 5.75 Å². The molecule has 110 valence electrons. The van der Waals surface area contributed by atoms with E-state index in [1.165, 1.54) is 6.20 Å². The lowest BCUT2D eigenvalue weighted by molar-refractivity contribution is 0.0204. The van der Waals surface area contributed by atoms with Crippen molar-refractivity contribution < 1.29 is 14.6 Å². The number of hydrogen-bond donors (Lipinski definition) is 1. The van der Waals surface area contributed by atoms with Crippen LogP contribution < -0.4 is 0 Å². The number of aromatic hydroxyl groups is 1. The van der Waals surface area contributed by atoms with Crippen molar-refractivity contribution in [3.05, 3.63) is 24.0 Å². The molecule has 1 aromatic rings. The van der Waals surface area contributed by atoms with Crippen LogP contribution in [-0.4, -0.2) is 39.8 Å². The normalized spacial score (nSPS) is 17.1. The molecular formula is C15H22N2O3. The van der Waals surface area contributed by atoms with Crippen molar-refractivity contribution in [1.29, 1.82) is 0 Å². The number of aromatic nitrogens is 1. The van der Waals surface area contributed by atoms with E-state index in [1.807, 2.05) is 26.8 Å². The number of hydrogen-bond acceptors (Lipinski definition) is 4. The van der Waals surface area contributed by atoms with Crippen molar-refractivity contribution in [2.24, 2.45) is 0 Å². The molecule has 5 heteroatoms. The molecule has 2 heterocycles. The number of amides is 1. The van der Waals surface area contributed by atoms with Crippen LogP contribution in [0.25, 0.3) is 0 Å². The van der Waals surface area contributed by atoms with Crippen LogP contribution in [0.4, 0.5) is 4.79 Å². The minimum Gasteiger partial charge on any atom is -0.506 e. The van der Waals surface area contributed by atoms with Crippen LogP contribution >= 0.6 is 0 Å². The van der Waals surface area contributed by atoms with Gasteiger partial charge < -0.3 is 14.7 Å². The largest absolute Gasteiger partial charge is 0.506 e. The van der Waals surface area contributed by atoms with Crippen molar-refractivity contribution in [2.45, 2.75) is 45.1 Å². The zero-order valence-electron chi connectivity index (χ0n) is 12.3. The van der Waals surface area contributed by atoms with Crippen molar-refractivity contribution in [1.82, 2.24) is 9.88 Å². The average Bonchev–Trinajstić information content (AvgIpc) is 2.38. The molecule has 1 aromatic heterocycles. The zero-order valence-corrected chi connectivity index (χ0v) is 12.3. The van der Waals surface area contributed by atoms with E-state index in [-0.39, 0.29) is 11.8 Å². The third-order valence-corrected chi connectivity index (χ3v) is 3.34. The van der Waals surface area contributed by atoms with Crippen LogP contribution in [0.3, 0.4) is 0 Å². The van der Waals surface area contributed by atoms with Gasteiger partial charge in [0, 0.05) is 24.7 Å². The minimum absolute atomic E-state index is 0.181. The standard InChI is InChI=1S/C15H22N2O3/c1-15(2,3)20-14(19)17-8-6-11(7-9-17)13-5-4-12(18)10-16-13/h4-5,10-11,18H,6-9H2,1-3H3. The Hall–Kier alpha value is -1.78. The molecule has 0 bridgehead atoms. The quantitative estimate of drug-likeness (QED) is 0.858. The van der Waals surface area contributed by atoms with E-state index in [0.717, 1.165) is 18.5 Å². The lowest BCUT2D eigenvalue weighted by Gasteiger charge is -2.33. The Morgan fingerprint density at radius 1 is 1.35 bits per heavy atom. The molecule has 0 radical (unpaired) electrons. The number of nitrogens with zero attached hydrogens (tertiary/aromatic N) is 2. The molecule has 1 N–H and O–H groups in total. The summed E-state index contributed by atoms with van der Waals surface area (Å²) in [4.78, 5) is 18.0. The van der Waals surface area contributed by atoms with Crippen LogP contribution in [0, 0.1) is 0 Å². The Labute approximate surface area is 119 Å². The molecule has 0 aliphatic carbocycles. The first-order valence-electron chi connectivity index (χ1n) is 6.98. The fourth-order valence-electron chi connectivity index (χ4n) is 2.32. The number of carbonyl (C=O) groups excluding carboxylic acids is 1. The second kappa shape index (κ2) is 5.69. The highest BCUT2D eigenvalue weighted by Gasteiger charge is 2.27. The summed E-state index contributed by atoms with van der Waals surface area (Å²) in [7, 11) is 0. The summed E-state index contributed by atoms with van der Waals surface area (Å²) in [5.74, 6) is 0.522. The number of pyridine rings is 1. The number of ether oxygens (including phenoxy) is 1. The monoisotopic (exact) mass is 278 g/mol. The predicted molar refractivity (Wildman–Crippen MR) is 75.7 cm³/mol. The molecule has 0 spiro atoms. The fourth-order valence-corrected chi connectivity index (χ4v) is 2.32. The highest BCUT2D eigenvalue weighted by Crippen LogP contribution is 2.28. The van der Waals surface area contributed by atoms with Crippen LogP contribution in [0.1, 0.15) is 45.2 Å². The SMILES string of the molecule is CC(C)(C)OC(=O)N1CCC(c2ccc(O)cn2)CC1. The molecule has 0 atom stereocenters. The first-order chi connectivity index (χ1) is 9.35. The average molecular weight is 278 g/mol. The molecule has 0 unspecified atom stereocenters. The van der Waals surface area contributed by atoms with E-state index in [1.54, 1.807) is 11.0 Å².